The maximum atomic E-state index is 13.3. The van der Waals surface area contributed by atoms with Gasteiger partial charge in [-0.05, 0) is 31.0 Å². The van der Waals surface area contributed by atoms with Gasteiger partial charge in [-0.25, -0.2) is 9.18 Å². The van der Waals surface area contributed by atoms with Crippen LogP contribution in [-0.2, 0) is 0 Å². The first-order chi connectivity index (χ1) is 8.58. The quantitative estimate of drug-likeness (QED) is 0.833. The molecule has 1 aromatic carbocycles. The molecule has 1 aromatic rings. The highest BCUT2D eigenvalue weighted by Gasteiger charge is 2.22. The van der Waals surface area contributed by atoms with Gasteiger partial charge in [0.2, 0.25) is 0 Å². The summed E-state index contributed by atoms with van der Waals surface area (Å²) in [6.45, 7) is 0.590. The van der Waals surface area contributed by atoms with Gasteiger partial charge < -0.3 is 15.0 Å². The summed E-state index contributed by atoms with van der Waals surface area (Å²) < 4.78 is 18.9. The van der Waals surface area contributed by atoms with Crippen LogP contribution >= 0.6 is 0 Å². The molecule has 2 rings (SSSR count). The molecule has 0 saturated heterocycles. The third-order valence-corrected chi connectivity index (χ3v) is 2.95. The molecule has 1 unspecified atom stereocenters. The van der Waals surface area contributed by atoms with Crippen molar-refractivity contribution < 1.29 is 13.9 Å². The molecule has 98 valence electrons. The van der Waals surface area contributed by atoms with Crippen molar-refractivity contribution in [3.05, 3.63) is 29.6 Å². The predicted octanol–water partition coefficient (Wildman–Crippen LogP) is 2.31. The topological polar surface area (TPSA) is 41.6 Å². The smallest absolute Gasteiger partial charge is 0.317 e. The van der Waals surface area contributed by atoms with Gasteiger partial charge in [0, 0.05) is 19.7 Å². The minimum Gasteiger partial charge on any atom is -0.493 e. The van der Waals surface area contributed by atoms with Crippen LogP contribution in [0, 0.1) is 5.82 Å². The molecule has 5 heteroatoms. The highest BCUT2D eigenvalue weighted by Crippen LogP contribution is 2.32. The summed E-state index contributed by atoms with van der Waals surface area (Å²) in [7, 11) is 3.35. The zero-order chi connectivity index (χ0) is 13.1. The van der Waals surface area contributed by atoms with Crippen molar-refractivity contribution >= 4 is 6.03 Å². The Labute approximate surface area is 106 Å². The van der Waals surface area contributed by atoms with Crippen LogP contribution < -0.4 is 10.1 Å². The Hall–Kier alpha value is -1.78. The number of benzene rings is 1. The lowest BCUT2D eigenvalue weighted by Crippen LogP contribution is -2.37. The standard InChI is InChI=1S/C13H17FN2O2/c1-16(2)13(17)15-11-4-3-7-18-12-6-5-9(14)8-10(11)12/h5-6,8,11H,3-4,7H2,1-2H3,(H,15,17). The van der Waals surface area contributed by atoms with Crippen LogP contribution in [0.2, 0.25) is 0 Å². The maximum absolute atomic E-state index is 13.3. The Morgan fingerprint density at radius 3 is 3.00 bits per heavy atom. The van der Waals surface area contributed by atoms with E-state index in [9.17, 15) is 9.18 Å². The van der Waals surface area contributed by atoms with Gasteiger partial charge in [0.05, 0.1) is 12.6 Å². The van der Waals surface area contributed by atoms with Gasteiger partial charge in [0.15, 0.2) is 0 Å². The summed E-state index contributed by atoms with van der Waals surface area (Å²) in [5.41, 5.74) is 0.711. The monoisotopic (exact) mass is 252 g/mol. The Kier molecular flexibility index (Phi) is 3.69. The van der Waals surface area contributed by atoms with E-state index in [1.165, 1.54) is 17.0 Å². The molecule has 1 aliphatic heterocycles. The fourth-order valence-electron chi connectivity index (χ4n) is 1.98. The van der Waals surface area contributed by atoms with Crippen LogP contribution in [0.25, 0.3) is 0 Å². The molecule has 0 spiro atoms. The van der Waals surface area contributed by atoms with Crippen LogP contribution in [0.4, 0.5) is 9.18 Å². The Morgan fingerprint density at radius 2 is 2.28 bits per heavy atom. The number of halogens is 1. The fraction of sp³-hybridized carbons (Fsp3) is 0.462. The minimum atomic E-state index is -0.316. The van der Waals surface area contributed by atoms with E-state index in [1.807, 2.05) is 0 Å². The lowest BCUT2D eigenvalue weighted by Gasteiger charge is -2.21. The van der Waals surface area contributed by atoms with Crippen molar-refractivity contribution in [1.82, 2.24) is 10.2 Å². The number of ether oxygens (including phenoxy) is 1. The first-order valence-electron chi connectivity index (χ1n) is 5.98. The minimum absolute atomic E-state index is 0.183. The number of nitrogens with zero attached hydrogens (tertiary/aromatic N) is 1. The lowest BCUT2D eigenvalue weighted by molar-refractivity contribution is 0.212. The van der Waals surface area contributed by atoms with E-state index in [0.717, 1.165) is 12.8 Å². The van der Waals surface area contributed by atoms with E-state index < -0.39 is 0 Å². The number of hydrogen-bond acceptors (Lipinski definition) is 2. The largest absolute Gasteiger partial charge is 0.493 e. The summed E-state index contributed by atoms with van der Waals surface area (Å²) in [5, 5.41) is 2.88. The molecule has 1 atom stereocenters. The van der Waals surface area contributed by atoms with E-state index in [4.69, 9.17) is 4.74 Å². The number of carbonyl (C=O) groups excluding carboxylic acids is 1. The second kappa shape index (κ2) is 5.25. The van der Waals surface area contributed by atoms with Crippen molar-refractivity contribution in [2.75, 3.05) is 20.7 Å². The van der Waals surface area contributed by atoms with E-state index in [-0.39, 0.29) is 17.9 Å². The summed E-state index contributed by atoms with van der Waals surface area (Å²) in [6.07, 6.45) is 1.57. The molecule has 1 heterocycles. The van der Waals surface area contributed by atoms with Crippen LogP contribution in [0.1, 0.15) is 24.4 Å². The Morgan fingerprint density at radius 1 is 1.50 bits per heavy atom. The number of hydrogen-bond donors (Lipinski definition) is 1. The van der Waals surface area contributed by atoms with E-state index >= 15 is 0 Å². The molecule has 0 saturated carbocycles. The van der Waals surface area contributed by atoms with Gasteiger partial charge in [0.1, 0.15) is 11.6 Å². The van der Waals surface area contributed by atoms with Gasteiger partial charge in [-0.3, -0.25) is 0 Å². The molecule has 1 N–H and O–H groups in total. The first-order valence-corrected chi connectivity index (χ1v) is 5.98. The molecule has 1 aliphatic rings. The SMILES string of the molecule is CN(C)C(=O)NC1CCCOc2ccc(F)cc21. The first kappa shape index (κ1) is 12.7. The molecule has 0 bridgehead atoms. The van der Waals surface area contributed by atoms with Gasteiger partial charge in [0.25, 0.3) is 0 Å². The number of nitrogens with one attached hydrogen (secondary N) is 1. The molecular weight excluding hydrogens is 235 g/mol. The Bertz CT molecular complexity index is 449. The van der Waals surface area contributed by atoms with Crippen molar-refractivity contribution in [3.8, 4) is 5.75 Å². The van der Waals surface area contributed by atoms with Crippen molar-refractivity contribution in [3.63, 3.8) is 0 Å². The molecule has 0 radical (unpaired) electrons. The van der Waals surface area contributed by atoms with Crippen molar-refractivity contribution in [2.24, 2.45) is 0 Å². The number of urea groups is 1. The molecule has 4 nitrogen and oxygen atoms in total. The fourth-order valence-corrected chi connectivity index (χ4v) is 1.98. The molecular formula is C13H17FN2O2. The van der Waals surface area contributed by atoms with Gasteiger partial charge in [-0.2, -0.15) is 0 Å². The zero-order valence-corrected chi connectivity index (χ0v) is 10.6. The zero-order valence-electron chi connectivity index (χ0n) is 10.6. The number of carbonyl (C=O) groups is 1. The highest BCUT2D eigenvalue weighted by molar-refractivity contribution is 5.74. The van der Waals surface area contributed by atoms with Crippen molar-refractivity contribution in [1.29, 1.82) is 0 Å². The van der Waals surface area contributed by atoms with Crippen LogP contribution in [0.15, 0.2) is 18.2 Å². The summed E-state index contributed by atoms with van der Waals surface area (Å²) in [4.78, 5) is 13.2. The molecule has 0 aliphatic carbocycles. The number of fused-ring (bicyclic) bond motifs is 1. The van der Waals surface area contributed by atoms with Gasteiger partial charge in [-0.1, -0.05) is 0 Å². The normalized spacial score (nSPS) is 18.3. The third-order valence-electron chi connectivity index (χ3n) is 2.95. The van der Waals surface area contributed by atoms with E-state index in [0.29, 0.717) is 17.9 Å². The average molecular weight is 252 g/mol. The highest BCUT2D eigenvalue weighted by atomic mass is 19.1. The molecule has 18 heavy (non-hydrogen) atoms. The lowest BCUT2D eigenvalue weighted by atomic mass is 10.0. The summed E-state index contributed by atoms with van der Waals surface area (Å²) >= 11 is 0. The van der Waals surface area contributed by atoms with E-state index in [1.54, 1.807) is 20.2 Å². The second-order valence-corrected chi connectivity index (χ2v) is 4.57. The van der Waals surface area contributed by atoms with E-state index in [2.05, 4.69) is 5.32 Å². The van der Waals surface area contributed by atoms with Gasteiger partial charge >= 0.3 is 6.03 Å². The predicted molar refractivity (Wildman–Crippen MR) is 66.1 cm³/mol. The maximum Gasteiger partial charge on any atom is 0.317 e. The number of rotatable bonds is 1. The molecule has 0 aromatic heterocycles. The van der Waals surface area contributed by atoms with Crippen molar-refractivity contribution in [2.45, 2.75) is 18.9 Å². The van der Waals surface area contributed by atoms with Crippen LogP contribution in [0.3, 0.4) is 0 Å². The average Bonchev–Trinajstić information content (AvgIpc) is 2.52. The molecule has 2 amide bonds. The second-order valence-electron chi connectivity index (χ2n) is 4.57. The van der Waals surface area contributed by atoms with Gasteiger partial charge in [-0.15, -0.1) is 0 Å². The molecule has 0 fully saturated rings. The van der Waals surface area contributed by atoms with Crippen LogP contribution in [-0.4, -0.2) is 31.6 Å². The Balaban J connectivity index is 2.26. The summed E-state index contributed by atoms with van der Waals surface area (Å²) in [5.74, 6) is 0.335. The summed E-state index contributed by atoms with van der Waals surface area (Å²) in [6, 6.07) is 4.03. The number of amides is 2. The third kappa shape index (κ3) is 2.72. The van der Waals surface area contributed by atoms with Crippen LogP contribution in [0.5, 0.6) is 5.75 Å².